The van der Waals surface area contributed by atoms with Crippen molar-refractivity contribution in [2.75, 3.05) is 59.2 Å². The molecule has 0 aliphatic heterocycles. The van der Waals surface area contributed by atoms with Crippen molar-refractivity contribution in [3.05, 3.63) is 0 Å². The summed E-state index contributed by atoms with van der Waals surface area (Å²) in [5.74, 6) is 0.748. The van der Waals surface area contributed by atoms with E-state index in [1.807, 2.05) is 0 Å². The third-order valence-electron chi connectivity index (χ3n) is 3.39. The molecule has 0 radical (unpaired) electrons. The monoisotopic (exact) mass is 302 g/mol. The molecule has 0 bridgehead atoms. The molecule has 0 rings (SSSR count). The Kier molecular flexibility index (Phi) is 16.1. The zero-order chi connectivity index (χ0) is 15.8. The van der Waals surface area contributed by atoms with Crippen molar-refractivity contribution in [1.29, 1.82) is 0 Å². The molecule has 0 unspecified atom stereocenters. The van der Waals surface area contributed by atoms with E-state index in [1.54, 1.807) is 0 Å². The van der Waals surface area contributed by atoms with Crippen molar-refractivity contribution in [1.82, 2.24) is 10.2 Å². The van der Waals surface area contributed by atoms with E-state index in [1.165, 1.54) is 19.3 Å². The summed E-state index contributed by atoms with van der Waals surface area (Å²) in [6.45, 7) is 17.4. The first-order valence-electron chi connectivity index (χ1n) is 8.79. The normalized spacial score (nSPS) is 11.7. The third kappa shape index (κ3) is 16.0. The second-order valence-electron chi connectivity index (χ2n) is 5.89. The van der Waals surface area contributed by atoms with Crippen LogP contribution in [0, 0.1) is 5.92 Å². The highest BCUT2D eigenvalue weighted by Crippen LogP contribution is 1.99. The van der Waals surface area contributed by atoms with Crippen LogP contribution in [0.4, 0.5) is 0 Å². The molecule has 0 heterocycles. The van der Waals surface area contributed by atoms with Crippen molar-refractivity contribution in [2.24, 2.45) is 5.92 Å². The van der Waals surface area contributed by atoms with E-state index in [0.717, 1.165) is 65.1 Å². The summed E-state index contributed by atoms with van der Waals surface area (Å²) in [5, 5.41) is 3.50. The van der Waals surface area contributed by atoms with Crippen LogP contribution in [0.25, 0.3) is 0 Å². The van der Waals surface area contributed by atoms with Crippen LogP contribution in [0.3, 0.4) is 0 Å². The largest absolute Gasteiger partial charge is 0.380 e. The SMILES string of the molecule is CCOCCN(CCCCCNCC(C)C)CCOCC. The van der Waals surface area contributed by atoms with Crippen molar-refractivity contribution in [2.45, 2.75) is 47.0 Å². The van der Waals surface area contributed by atoms with Gasteiger partial charge in [-0.3, -0.25) is 4.90 Å². The molecule has 0 atom stereocenters. The van der Waals surface area contributed by atoms with Gasteiger partial charge in [-0.2, -0.15) is 0 Å². The fraction of sp³-hybridized carbons (Fsp3) is 1.00. The summed E-state index contributed by atoms with van der Waals surface area (Å²) in [7, 11) is 0. The lowest BCUT2D eigenvalue weighted by Gasteiger charge is -2.22. The molecule has 0 aliphatic rings. The van der Waals surface area contributed by atoms with Crippen LogP contribution in [-0.2, 0) is 9.47 Å². The van der Waals surface area contributed by atoms with E-state index < -0.39 is 0 Å². The molecule has 128 valence electrons. The summed E-state index contributed by atoms with van der Waals surface area (Å²) >= 11 is 0. The quantitative estimate of drug-likeness (QED) is 0.445. The number of nitrogens with one attached hydrogen (secondary N) is 1. The van der Waals surface area contributed by atoms with Gasteiger partial charge in [-0.25, -0.2) is 0 Å². The van der Waals surface area contributed by atoms with Gasteiger partial charge in [-0.05, 0) is 52.2 Å². The lowest BCUT2D eigenvalue weighted by atomic mass is 10.2. The van der Waals surface area contributed by atoms with Gasteiger partial charge in [0.2, 0.25) is 0 Å². The maximum Gasteiger partial charge on any atom is 0.0593 e. The zero-order valence-electron chi connectivity index (χ0n) is 14.8. The number of hydrogen-bond acceptors (Lipinski definition) is 4. The highest BCUT2D eigenvalue weighted by Gasteiger charge is 2.04. The van der Waals surface area contributed by atoms with E-state index in [-0.39, 0.29) is 0 Å². The Morgan fingerprint density at radius 2 is 1.48 bits per heavy atom. The Labute approximate surface area is 132 Å². The summed E-state index contributed by atoms with van der Waals surface area (Å²) < 4.78 is 10.9. The highest BCUT2D eigenvalue weighted by atomic mass is 16.5. The van der Waals surface area contributed by atoms with E-state index >= 15 is 0 Å². The average Bonchev–Trinajstić information content (AvgIpc) is 2.45. The molecule has 0 saturated heterocycles. The first-order chi connectivity index (χ1) is 10.2. The van der Waals surface area contributed by atoms with Gasteiger partial charge in [0.15, 0.2) is 0 Å². The standard InChI is InChI=1S/C17H38N2O2/c1-5-20-14-12-19(13-15-21-6-2)11-9-7-8-10-18-16-17(3)4/h17-18H,5-16H2,1-4H3. The molecule has 0 saturated carbocycles. The van der Waals surface area contributed by atoms with Crippen molar-refractivity contribution in [3.63, 3.8) is 0 Å². The molecule has 0 aromatic heterocycles. The maximum absolute atomic E-state index is 5.46. The lowest BCUT2D eigenvalue weighted by molar-refractivity contribution is 0.0820. The first kappa shape index (κ1) is 20.8. The van der Waals surface area contributed by atoms with Gasteiger partial charge >= 0.3 is 0 Å². The number of ether oxygens (including phenoxy) is 2. The van der Waals surface area contributed by atoms with E-state index in [2.05, 4.69) is 37.9 Å². The topological polar surface area (TPSA) is 33.7 Å². The molecular weight excluding hydrogens is 264 g/mol. The Morgan fingerprint density at radius 3 is 2.00 bits per heavy atom. The summed E-state index contributed by atoms with van der Waals surface area (Å²) in [6, 6.07) is 0. The second-order valence-corrected chi connectivity index (χ2v) is 5.89. The summed E-state index contributed by atoms with van der Waals surface area (Å²) in [6.07, 6.45) is 3.84. The van der Waals surface area contributed by atoms with Gasteiger partial charge in [0.05, 0.1) is 13.2 Å². The Balaban J connectivity index is 3.58. The molecule has 21 heavy (non-hydrogen) atoms. The highest BCUT2D eigenvalue weighted by molar-refractivity contribution is 4.59. The van der Waals surface area contributed by atoms with Crippen LogP contribution < -0.4 is 5.32 Å². The summed E-state index contributed by atoms with van der Waals surface area (Å²) in [5.41, 5.74) is 0. The first-order valence-corrected chi connectivity index (χ1v) is 8.79. The minimum Gasteiger partial charge on any atom is -0.380 e. The molecule has 1 N–H and O–H groups in total. The molecular formula is C17H38N2O2. The Hall–Kier alpha value is -0.160. The average molecular weight is 303 g/mol. The fourth-order valence-corrected chi connectivity index (χ4v) is 2.16. The minimum atomic E-state index is 0.748. The van der Waals surface area contributed by atoms with Crippen LogP contribution in [0.2, 0.25) is 0 Å². The summed E-state index contributed by atoms with van der Waals surface area (Å²) in [4.78, 5) is 2.47. The Morgan fingerprint density at radius 1 is 0.857 bits per heavy atom. The van der Waals surface area contributed by atoms with Crippen molar-refractivity contribution < 1.29 is 9.47 Å². The van der Waals surface area contributed by atoms with Gasteiger partial charge in [0.25, 0.3) is 0 Å². The predicted molar refractivity (Wildman–Crippen MR) is 91.0 cm³/mol. The molecule has 0 aromatic rings. The minimum absolute atomic E-state index is 0.748. The van der Waals surface area contributed by atoms with Crippen LogP contribution in [0.15, 0.2) is 0 Å². The van der Waals surface area contributed by atoms with Crippen LogP contribution >= 0.6 is 0 Å². The lowest BCUT2D eigenvalue weighted by Crippen LogP contribution is -2.32. The molecule has 0 aromatic carbocycles. The molecule has 4 heteroatoms. The van der Waals surface area contributed by atoms with Gasteiger partial charge in [0, 0.05) is 26.3 Å². The molecule has 0 amide bonds. The van der Waals surface area contributed by atoms with Crippen LogP contribution in [0.5, 0.6) is 0 Å². The van der Waals surface area contributed by atoms with E-state index in [0.29, 0.717) is 0 Å². The predicted octanol–water partition coefficient (Wildman–Crippen LogP) is 2.78. The van der Waals surface area contributed by atoms with Crippen LogP contribution in [-0.4, -0.2) is 64.1 Å². The van der Waals surface area contributed by atoms with Gasteiger partial charge in [0.1, 0.15) is 0 Å². The number of hydrogen-bond donors (Lipinski definition) is 1. The molecule has 0 fully saturated rings. The van der Waals surface area contributed by atoms with E-state index in [9.17, 15) is 0 Å². The van der Waals surface area contributed by atoms with Gasteiger partial charge in [-0.1, -0.05) is 20.3 Å². The number of nitrogens with zero attached hydrogens (tertiary/aromatic N) is 1. The maximum atomic E-state index is 5.46. The van der Waals surface area contributed by atoms with Crippen molar-refractivity contribution >= 4 is 0 Å². The number of unbranched alkanes of at least 4 members (excludes halogenated alkanes) is 2. The zero-order valence-corrected chi connectivity index (χ0v) is 14.8. The smallest absolute Gasteiger partial charge is 0.0593 e. The molecule has 4 nitrogen and oxygen atoms in total. The second kappa shape index (κ2) is 16.2. The van der Waals surface area contributed by atoms with Gasteiger partial charge < -0.3 is 14.8 Å². The molecule has 0 spiro atoms. The van der Waals surface area contributed by atoms with E-state index in [4.69, 9.17) is 9.47 Å². The third-order valence-corrected chi connectivity index (χ3v) is 3.39. The van der Waals surface area contributed by atoms with Gasteiger partial charge in [-0.15, -0.1) is 0 Å². The molecule has 0 aliphatic carbocycles. The Bertz CT molecular complexity index is 191. The van der Waals surface area contributed by atoms with Crippen LogP contribution in [0.1, 0.15) is 47.0 Å². The fourth-order valence-electron chi connectivity index (χ4n) is 2.16. The van der Waals surface area contributed by atoms with Crippen molar-refractivity contribution in [3.8, 4) is 0 Å². The number of rotatable bonds is 16.